The van der Waals surface area contributed by atoms with Crippen molar-refractivity contribution < 1.29 is 14.3 Å². The third-order valence-electron chi connectivity index (χ3n) is 3.47. The summed E-state index contributed by atoms with van der Waals surface area (Å²) in [5.74, 6) is 1.67. The third-order valence-corrected chi connectivity index (χ3v) is 3.47. The van der Waals surface area contributed by atoms with Gasteiger partial charge in [0.2, 0.25) is 0 Å². The molecule has 0 aliphatic rings. The second-order valence-corrected chi connectivity index (χ2v) is 5.27. The maximum absolute atomic E-state index is 12.4. The molecule has 0 aliphatic carbocycles. The van der Waals surface area contributed by atoms with Gasteiger partial charge in [-0.3, -0.25) is 4.79 Å². The van der Waals surface area contributed by atoms with E-state index in [0.717, 1.165) is 25.2 Å². The van der Waals surface area contributed by atoms with E-state index in [1.54, 1.807) is 38.6 Å². The molecule has 2 aromatic rings. The molecule has 0 fully saturated rings. The SMILES string of the molecule is CCCCNc1ccc(NC(=O)c2cc(OC)cc(OC)c2)cn1. The number of rotatable bonds is 8. The Morgan fingerprint density at radius 1 is 1.12 bits per heavy atom. The van der Waals surface area contributed by atoms with Crippen molar-refractivity contribution in [3.05, 3.63) is 42.1 Å². The minimum absolute atomic E-state index is 0.249. The van der Waals surface area contributed by atoms with Crippen LogP contribution >= 0.6 is 0 Å². The van der Waals surface area contributed by atoms with Gasteiger partial charge in [0.05, 0.1) is 26.1 Å². The van der Waals surface area contributed by atoms with Crippen molar-refractivity contribution in [1.82, 2.24) is 4.98 Å². The van der Waals surface area contributed by atoms with Gasteiger partial charge in [0, 0.05) is 18.2 Å². The van der Waals surface area contributed by atoms with Crippen LogP contribution in [0.5, 0.6) is 11.5 Å². The normalized spacial score (nSPS) is 10.1. The van der Waals surface area contributed by atoms with E-state index in [4.69, 9.17) is 9.47 Å². The molecule has 6 nitrogen and oxygen atoms in total. The van der Waals surface area contributed by atoms with Crippen molar-refractivity contribution in [2.45, 2.75) is 19.8 Å². The lowest BCUT2D eigenvalue weighted by atomic mass is 10.2. The van der Waals surface area contributed by atoms with E-state index in [1.807, 2.05) is 12.1 Å². The predicted molar refractivity (Wildman–Crippen MR) is 95.1 cm³/mol. The standard InChI is InChI=1S/C18H23N3O3/c1-4-5-8-19-17-7-6-14(12-20-17)21-18(22)13-9-15(23-2)11-16(10-13)24-3/h6-7,9-12H,4-5,8H2,1-3H3,(H,19,20)(H,21,22). The number of unbranched alkanes of at least 4 members (excludes halogenated alkanes) is 1. The fourth-order valence-electron chi connectivity index (χ4n) is 2.11. The molecule has 0 aliphatic heterocycles. The molecule has 24 heavy (non-hydrogen) atoms. The van der Waals surface area contributed by atoms with E-state index < -0.39 is 0 Å². The molecule has 1 amide bonds. The van der Waals surface area contributed by atoms with Crippen molar-refractivity contribution in [3.63, 3.8) is 0 Å². The number of amides is 1. The van der Waals surface area contributed by atoms with Crippen LogP contribution in [0.25, 0.3) is 0 Å². The lowest BCUT2D eigenvalue weighted by Crippen LogP contribution is -2.12. The van der Waals surface area contributed by atoms with Crippen LogP contribution < -0.4 is 20.1 Å². The second kappa shape index (κ2) is 8.76. The topological polar surface area (TPSA) is 72.5 Å². The summed E-state index contributed by atoms with van der Waals surface area (Å²) < 4.78 is 10.4. The number of ether oxygens (including phenoxy) is 2. The lowest BCUT2D eigenvalue weighted by molar-refractivity contribution is 0.102. The van der Waals surface area contributed by atoms with Crippen LogP contribution in [-0.4, -0.2) is 31.7 Å². The Labute approximate surface area is 142 Å². The largest absolute Gasteiger partial charge is 0.497 e. The van der Waals surface area contributed by atoms with Crippen molar-refractivity contribution in [2.75, 3.05) is 31.4 Å². The number of carbonyl (C=O) groups excluding carboxylic acids is 1. The van der Waals surface area contributed by atoms with Crippen LogP contribution in [0.3, 0.4) is 0 Å². The van der Waals surface area contributed by atoms with Crippen LogP contribution in [-0.2, 0) is 0 Å². The maximum atomic E-state index is 12.4. The van der Waals surface area contributed by atoms with Gasteiger partial charge in [-0.2, -0.15) is 0 Å². The Morgan fingerprint density at radius 2 is 1.83 bits per heavy atom. The van der Waals surface area contributed by atoms with Gasteiger partial charge < -0.3 is 20.1 Å². The van der Waals surface area contributed by atoms with E-state index in [9.17, 15) is 4.79 Å². The zero-order valence-electron chi connectivity index (χ0n) is 14.3. The molecule has 128 valence electrons. The number of hydrogen-bond donors (Lipinski definition) is 2. The van der Waals surface area contributed by atoms with Gasteiger partial charge >= 0.3 is 0 Å². The zero-order chi connectivity index (χ0) is 17.4. The fraction of sp³-hybridized carbons (Fsp3) is 0.333. The second-order valence-electron chi connectivity index (χ2n) is 5.27. The summed E-state index contributed by atoms with van der Waals surface area (Å²) in [5.41, 5.74) is 1.08. The Bertz CT molecular complexity index is 649. The fourth-order valence-corrected chi connectivity index (χ4v) is 2.11. The average Bonchev–Trinajstić information content (AvgIpc) is 2.62. The first kappa shape index (κ1) is 17.6. The number of hydrogen-bond acceptors (Lipinski definition) is 5. The molecule has 0 saturated carbocycles. The highest BCUT2D eigenvalue weighted by molar-refractivity contribution is 6.04. The van der Waals surface area contributed by atoms with Crippen LogP contribution in [0.15, 0.2) is 36.5 Å². The number of nitrogens with one attached hydrogen (secondary N) is 2. The molecule has 2 rings (SSSR count). The summed E-state index contributed by atoms with van der Waals surface area (Å²) in [5, 5.41) is 6.05. The highest BCUT2D eigenvalue weighted by Gasteiger charge is 2.10. The van der Waals surface area contributed by atoms with E-state index >= 15 is 0 Å². The smallest absolute Gasteiger partial charge is 0.255 e. The summed E-state index contributed by atoms with van der Waals surface area (Å²) >= 11 is 0. The highest BCUT2D eigenvalue weighted by Crippen LogP contribution is 2.23. The van der Waals surface area contributed by atoms with E-state index in [1.165, 1.54) is 0 Å². The number of aromatic nitrogens is 1. The summed E-state index contributed by atoms with van der Waals surface area (Å²) in [6.07, 6.45) is 3.85. The number of pyridine rings is 1. The maximum Gasteiger partial charge on any atom is 0.255 e. The number of methoxy groups -OCH3 is 2. The Kier molecular flexibility index (Phi) is 6.42. The zero-order valence-corrected chi connectivity index (χ0v) is 14.3. The quantitative estimate of drug-likeness (QED) is 0.725. The summed E-state index contributed by atoms with van der Waals surface area (Å²) in [6.45, 7) is 3.03. The number of anilines is 2. The van der Waals surface area contributed by atoms with E-state index in [2.05, 4.69) is 22.5 Å². The first-order valence-corrected chi connectivity index (χ1v) is 7.90. The molecule has 1 aromatic heterocycles. The van der Waals surface area contributed by atoms with Crippen molar-refractivity contribution in [1.29, 1.82) is 0 Å². The molecular formula is C18H23N3O3. The molecule has 1 heterocycles. The van der Waals surface area contributed by atoms with Crippen molar-refractivity contribution >= 4 is 17.4 Å². The summed E-state index contributed by atoms with van der Waals surface area (Å²) in [7, 11) is 3.09. The molecule has 0 saturated heterocycles. The summed E-state index contributed by atoms with van der Waals surface area (Å²) in [4.78, 5) is 16.7. The molecule has 1 aromatic carbocycles. The highest BCUT2D eigenvalue weighted by atomic mass is 16.5. The first-order valence-electron chi connectivity index (χ1n) is 7.90. The van der Waals surface area contributed by atoms with Gasteiger partial charge in [0.25, 0.3) is 5.91 Å². The molecular weight excluding hydrogens is 306 g/mol. The Morgan fingerprint density at radius 3 is 2.38 bits per heavy atom. The van der Waals surface area contributed by atoms with Gasteiger partial charge in [0.1, 0.15) is 17.3 Å². The first-order chi connectivity index (χ1) is 11.7. The average molecular weight is 329 g/mol. The summed E-state index contributed by atoms with van der Waals surface area (Å²) in [6, 6.07) is 8.70. The lowest BCUT2D eigenvalue weighted by Gasteiger charge is -2.10. The molecule has 0 atom stereocenters. The van der Waals surface area contributed by atoms with Crippen molar-refractivity contribution in [2.24, 2.45) is 0 Å². The monoisotopic (exact) mass is 329 g/mol. The Hall–Kier alpha value is -2.76. The van der Waals surface area contributed by atoms with Gasteiger partial charge in [-0.1, -0.05) is 13.3 Å². The minimum atomic E-state index is -0.249. The van der Waals surface area contributed by atoms with Crippen LogP contribution in [0, 0.1) is 0 Å². The van der Waals surface area contributed by atoms with Crippen LogP contribution in [0.4, 0.5) is 11.5 Å². The number of benzene rings is 1. The molecule has 6 heteroatoms. The molecule has 0 spiro atoms. The Balaban J connectivity index is 2.04. The molecule has 0 unspecified atom stereocenters. The molecule has 0 bridgehead atoms. The minimum Gasteiger partial charge on any atom is -0.497 e. The van der Waals surface area contributed by atoms with Gasteiger partial charge in [0.15, 0.2) is 0 Å². The van der Waals surface area contributed by atoms with Gasteiger partial charge in [-0.05, 0) is 30.7 Å². The molecule has 2 N–H and O–H groups in total. The van der Waals surface area contributed by atoms with E-state index in [-0.39, 0.29) is 5.91 Å². The van der Waals surface area contributed by atoms with E-state index in [0.29, 0.717) is 22.7 Å². The third kappa shape index (κ3) is 4.87. The van der Waals surface area contributed by atoms with Crippen LogP contribution in [0.1, 0.15) is 30.1 Å². The number of carbonyl (C=O) groups is 1. The van der Waals surface area contributed by atoms with Gasteiger partial charge in [-0.15, -0.1) is 0 Å². The van der Waals surface area contributed by atoms with Crippen LogP contribution in [0.2, 0.25) is 0 Å². The molecule has 0 radical (unpaired) electrons. The van der Waals surface area contributed by atoms with Crippen molar-refractivity contribution in [3.8, 4) is 11.5 Å². The van der Waals surface area contributed by atoms with Gasteiger partial charge in [-0.25, -0.2) is 4.98 Å². The number of nitrogens with zero attached hydrogens (tertiary/aromatic N) is 1. The predicted octanol–water partition coefficient (Wildman–Crippen LogP) is 3.56.